The Balaban J connectivity index is 2.77. The Labute approximate surface area is 109 Å². The number of aromatic carboxylic acids is 1. The second-order valence-electron chi connectivity index (χ2n) is 3.95. The number of anilines is 1. The van der Waals surface area contributed by atoms with Gasteiger partial charge in [-0.05, 0) is 12.1 Å². The number of rotatable bonds is 6. The van der Waals surface area contributed by atoms with Crippen molar-refractivity contribution in [2.45, 2.75) is 25.8 Å². The van der Waals surface area contributed by atoms with Gasteiger partial charge < -0.3 is 10.4 Å². The fraction of sp³-hybridized carbons (Fsp3) is 0.333. The molecule has 0 spiro atoms. The number of amides is 1. The highest BCUT2D eigenvalue weighted by molar-refractivity contribution is 6.00. The predicted molar refractivity (Wildman–Crippen MR) is 67.7 cm³/mol. The highest BCUT2D eigenvalue weighted by Crippen LogP contribution is 2.15. The minimum Gasteiger partial charge on any atom is -0.478 e. The second kappa shape index (κ2) is 6.48. The summed E-state index contributed by atoms with van der Waals surface area (Å²) in [7, 11) is 0. The molecule has 0 saturated heterocycles. The standard InChI is InChI=1S/C12H14N2O5/c1-2-8(14(18)19)7-11(15)13-10-6-4-3-5-9(10)12(16)17/h3-6,8H,2,7H2,1H3,(H,13,15)(H,16,17). The Morgan fingerprint density at radius 2 is 2.05 bits per heavy atom. The number of carboxylic acid groups (broad SMARTS) is 1. The van der Waals surface area contributed by atoms with Crippen molar-refractivity contribution in [2.75, 3.05) is 5.32 Å². The van der Waals surface area contributed by atoms with Crippen molar-refractivity contribution in [1.82, 2.24) is 0 Å². The summed E-state index contributed by atoms with van der Waals surface area (Å²) >= 11 is 0. The third-order valence-electron chi connectivity index (χ3n) is 2.62. The SMILES string of the molecule is CCC(CC(=O)Nc1ccccc1C(=O)O)[N+](=O)[O-]. The molecule has 1 rings (SSSR count). The molecule has 2 N–H and O–H groups in total. The van der Waals surface area contributed by atoms with Crippen LogP contribution in [0.4, 0.5) is 5.69 Å². The fourth-order valence-electron chi connectivity index (χ4n) is 1.56. The highest BCUT2D eigenvalue weighted by atomic mass is 16.6. The monoisotopic (exact) mass is 266 g/mol. The summed E-state index contributed by atoms with van der Waals surface area (Å²) in [6.45, 7) is 1.62. The number of hydrogen-bond donors (Lipinski definition) is 2. The van der Waals surface area contributed by atoms with E-state index in [-0.39, 0.29) is 24.1 Å². The molecule has 1 aromatic carbocycles. The van der Waals surface area contributed by atoms with Crippen molar-refractivity contribution < 1.29 is 19.6 Å². The summed E-state index contributed by atoms with van der Waals surface area (Å²) in [5.41, 5.74) is 0.0863. The quantitative estimate of drug-likeness (QED) is 0.602. The Morgan fingerprint density at radius 1 is 1.42 bits per heavy atom. The van der Waals surface area contributed by atoms with E-state index in [0.717, 1.165) is 0 Å². The molecule has 0 fully saturated rings. The van der Waals surface area contributed by atoms with Gasteiger partial charge in [0.2, 0.25) is 11.9 Å². The van der Waals surface area contributed by atoms with Gasteiger partial charge in [0.25, 0.3) is 0 Å². The zero-order chi connectivity index (χ0) is 14.4. The molecule has 0 aliphatic carbocycles. The molecule has 0 saturated carbocycles. The van der Waals surface area contributed by atoms with Crippen LogP contribution in [0.1, 0.15) is 30.1 Å². The van der Waals surface area contributed by atoms with Crippen LogP contribution in [0.3, 0.4) is 0 Å². The molecular formula is C12H14N2O5. The van der Waals surface area contributed by atoms with Gasteiger partial charge in [0.05, 0.1) is 17.7 Å². The zero-order valence-electron chi connectivity index (χ0n) is 10.3. The molecule has 0 radical (unpaired) electrons. The van der Waals surface area contributed by atoms with Gasteiger partial charge in [-0.1, -0.05) is 19.1 Å². The van der Waals surface area contributed by atoms with Crippen molar-refractivity contribution in [1.29, 1.82) is 0 Å². The van der Waals surface area contributed by atoms with Crippen LogP contribution in [-0.4, -0.2) is 27.9 Å². The number of nitrogens with zero attached hydrogens (tertiary/aromatic N) is 1. The molecule has 0 aromatic heterocycles. The van der Waals surface area contributed by atoms with Crippen LogP contribution in [0, 0.1) is 10.1 Å². The molecule has 1 aromatic rings. The number of nitrogens with one attached hydrogen (secondary N) is 1. The summed E-state index contributed by atoms with van der Waals surface area (Å²) in [6, 6.07) is 4.94. The zero-order valence-corrected chi connectivity index (χ0v) is 10.3. The first-order valence-corrected chi connectivity index (χ1v) is 5.71. The number of hydrogen-bond acceptors (Lipinski definition) is 4. The van der Waals surface area contributed by atoms with Crippen LogP contribution in [-0.2, 0) is 4.79 Å². The largest absolute Gasteiger partial charge is 0.478 e. The van der Waals surface area contributed by atoms with Crippen molar-refractivity contribution >= 4 is 17.6 Å². The van der Waals surface area contributed by atoms with Crippen LogP contribution >= 0.6 is 0 Å². The third-order valence-corrected chi connectivity index (χ3v) is 2.62. The highest BCUT2D eigenvalue weighted by Gasteiger charge is 2.22. The molecule has 1 amide bonds. The van der Waals surface area contributed by atoms with E-state index in [0.29, 0.717) is 0 Å². The Kier molecular flexibility index (Phi) is 4.99. The minimum absolute atomic E-state index is 0.0509. The topological polar surface area (TPSA) is 110 Å². The molecule has 0 aliphatic rings. The first kappa shape index (κ1) is 14.6. The van der Waals surface area contributed by atoms with E-state index in [1.54, 1.807) is 13.0 Å². The Hall–Kier alpha value is -2.44. The summed E-state index contributed by atoms with van der Waals surface area (Å²) in [4.78, 5) is 32.7. The molecule has 1 unspecified atom stereocenters. The van der Waals surface area contributed by atoms with E-state index in [4.69, 9.17) is 5.11 Å². The van der Waals surface area contributed by atoms with Crippen LogP contribution in [0.5, 0.6) is 0 Å². The number of carbonyl (C=O) groups is 2. The summed E-state index contributed by atoms with van der Waals surface area (Å²) in [5.74, 6) is -1.74. The minimum atomic E-state index is -1.17. The average Bonchev–Trinajstić information content (AvgIpc) is 2.35. The normalized spacial score (nSPS) is 11.6. The molecule has 1 atom stereocenters. The molecule has 0 aliphatic heterocycles. The molecule has 7 heteroatoms. The van der Waals surface area contributed by atoms with Gasteiger partial charge in [-0.15, -0.1) is 0 Å². The number of nitro groups is 1. The van der Waals surface area contributed by atoms with Gasteiger partial charge in [-0.25, -0.2) is 4.79 Å². The first-order chi connectivity index (χ1) is 8.95. The molecule has 19 heavy (non-hydrogen) atoms. The molecule has 0 bridgehead atoms. The van der Waals surface area contributed by atoms with Gasteiger partial charge >= 0.3 is 5.97 Å². The van der Waals surface area contributed by atoms with Crippen molar-refractivity contribution in [3.05, 3.63) is 39.9 Å². The Morgan fingerprint density at radius 3 is 2.58 bits per heavy atom. The lowest BCUT2D eigenvalue weighted by Gasteiger charge is -2.10. The molecule has 102 valence electrons. The lowest BCUT2D eigenvalue weighted by Crippen LogP contribution is -2.26. The van der Waals surface area contributed by atoms with Crippen LogP contribution in [0.25, 0.3) is 0 Å². The van der Waals surface area contributed by atoms with Gasteiger partial charge in [-0.3, -0.25) is 14.9 Å². The molecular weight excluding hydrogens is 252 g/mol. The van der Waals surface area contributed by atoms with E-state index >= 15 is 0 Å². The lowest BCUT2D eigenvalue weighted by molar-refractivity contribution is -0.521. The predicted octanol–water partition coefficient (Wildman–Crippen LogP) is 1.77. The van der Waals surface area contributed by atoms with E-state index in [9.17, 15) is 19.7 Å². The van der Waals surface area contributed by atoms with Gasteiger partial charge in [-0.2, -0.15) is 0 Å². The maximum Gasteiger partial charge on any atom is 0.337 e. The number of benzene rings is 1. The van der Waals surface area contributed by atoms with Gasteiger partial charge in [0, 0.05) is 11.3 Å². The summed E-state index contributed by atoms with van der Waals surface area (Å²) < 4.78 is 0. The van der Waals surface area contributed by atoms with Gasteiger partial charge in [0.15, 0.2) is 0 Å². The van der Waals surface area contributed by atoms with Crippen LogP contribution in [0.2, 0.25) is 0 Å². The maximum absolute atomic E-state index is 11.7. The van der Waals surface area contributed by atoms with Crippen molar-refractivity contribution in [2.24, 2.45) is 0 Å². The average molecular weight is 266 g/mol. The van der Waals surface area contributed by atoms with E-state index < -0.39 is 22.8 Å². The maximum atomic E-state index is 11.7. The molecule has 7 nitrogen and oxygen atoms in total. The van der Waals surface area contributed by atoms with Gasteiger partial charge in [0.1, 0.15) is 0 Å². The van der Waals surface area contributed by atoms with Crippen molar-refractivity contribution in [3.63, 3.8) is 0 Å². The summed E-state index contributed by atoms with van der Waals surface area (Å²) in [6.07, 6.45) is -0.0432. The number of carboxylic acids is 1. The van der Waals surface area contributed by atoms with E-state index in [2.05, 4.69) is 5.32 Å². The summed E-state index contributed by atoms with van der Waals surface area (Å²) in [5, 5.41) is 21.9. The van der Waals surface area contributed by atoms with Crippen LogP contribution in [0.15, 0.2) is 24.3 Å². The second-order valence-corrected chi connectivity index (χ2v) is 3.95. The van der Waals surface area contributed by atoms with E-state index in [1.165, 1.54) is 18.2 Å². The fourth-order valence-corrected chi connectivity index (χ4v) is 1.56. The Bertz CT molecular complexity index is 501. The van der Waals surface area contributed by atoms with Crippen molar-refractivity contribution in [3.8, 4) is 0 Å². The smallest absolute Gasteiger partial charge is 0.337 e. The number of para-hydroxylation sites is 1. The first-order valence-electron chi connectivity index (χ1n) is 5.71. The third kappa shape index (κ3) is 4.06. The molecule has 0 heterocycles. The van der Waals surface area contributed by atoms with E-state index in [1.807, 2.05) is 0 Å². The lowest BCUT2D eigenvalue weighted by atomic mass is 10.1. The van der Waals surface area contributed by atoms with Crippen LogP contribution < -0.4 is 5.32 Å². The number of carbonyl (C=O) groups excluding carboxylic acids is 1.